The zero-order chi connectivity index (χ0) is 11.1. The van der Waals surface area contributed by atoms with E-state index in [4.69, 9.17) is 5.73 Å². The smallest absolute Gasteiger partial charge is 0.0331 e. The molecule has 0 amide bonds. The van der Waals surface area contributed by atoms with Crippen molar-refractivity contribution in [2.24, 2.45) is 5.73 Å². The molecular weight excluding hydrogens is 184 g/mol. The van der Waals surface area contributed by atoms with Crippen LogP contribution >= 0.6 is 0 Å². The van der Waals surface area contributed by atoms with Gasteiger partial charge in [0.05, 0.1) is 0 Å². The fourth-order valence-electron chi connectivity index (χ4n) is 2.99. The van der Waals surface area contributed by atoms with Gasteiger partial charge in [0.15, 0.2) is 0 Å². The maximum absolute atomic E-state index is 6.06. The van der Waals surface area contributed by atoms with Crippen molar-refractivity contribution in [3.8, 4) is 0 Å². The van der Waals surface area contributed by atoms with E-state index in [9.17, 15) is 0 Å². The molecule has 0 aliphatic heterocycles. The van der Waals surface area contributed by atoms with Crippen LogP contribution in [0.2, 0.25) is 0 Å². The number of nitrogens with two attached hydrogens (primary N) is 1. The molecule has 0 unspecified atom stereocenters. The molecule has 0 heterocycles. The molecule has 0 aromatic heterocycles. The average Bonchev–Trinajstić information content (AvgIpc) is 2.30. The monoisotopic (exact) mass is 212 g/mol. The summed E-state index contributed by atoms with van der Waals surface area (Å²) in [6.07, 6.45) is 9.31. The SMILES string of the molecule is CCCN(CCC)C1(CN)CCCCC1. The normalized spacial score (nSPS) is 20.8. The van der Waals surface area contributed by atoms with Crippen LogP contribution in [-0.4, -0.2) is 30.1 Å². The van der Waals surface area contributed by atoms with Gasteiger partial charge in [-0.1, -0.05) is 33.1 Å². The topological polar surface area (TPSA) is 29.3 Å². The average molecular weight is 212 g/mol. The second kappa shape index (κ2) is 6.49. The second-order valence-electron chi connectivity index (χ2n) is 4.98. The summed E-state index contributed by atoms with van der Waals surface area (Å²) < 4.78 is 0. The molecular formula is C13H28N2. The van der Waals surface area contributed by atoms with Gasteiger partial charge in [-0.15, -0.1) is 0 Å². The summed E-state index contributed by atoms with van der Waals surface area (Å²) in [5.74, 6) is 0. The lowest BCUT2D eigenvalue weighted by Gasteiger charge is -2.46. The van der Waals surface area contributed by atoms with E-state index >= 15 is 0 Å². The van der Waals surface area contributed by atoms with E-state index in [1.54, 1.807) is 0 Å². The quantitative estimate of drug-likeness (QED) is 0.733. The third-order valence-electron chi connectivity index (χ3n) is 3.82. The van der Waals surface area contributed by atoms with E-state index in [2.05, 4.69) is 18.7 Å². The van der Waals surface area contributed by atoms with Crippen molar-refractivity contribution >= 4 is 0 Å². The summed E-state index contributed by atoms with van der Waals surface area (Å²) in [5, 5.41) is 0. The van der Waals surface area contributed by atoms with Crippen molar-refractivity contribution in [1.29, 1.82) is 0 Å². The maximum Gasteiger partial charge on any atom is 0.0331 e. The fraction of sp³-hybridized carbons (Fsp3) is 1.00. The molecule has 1 saturated carbocycles. The predicted molar refractivity (Wildman–Crippen MR) is 67.0 cm³/mol. The van der Waals surface area contributed by atoms with Gasteiger partial charge in [0.25, 0.3) is 0 Å². The zero-order valence-corrected chi connectivity index (χ0v) is 10.6. The van der Waals surface area contributed by atoms with E-state index in [1.165, 1.54) is 58.0 Å². The highest BCUT2D eigenvalue weighted by atomic mass is 15.2. The van der Waals surface area contributed by atoms with Crippen molar-refractivity contribution in [3.05, 3.63) is 0 Å². The van der Waals surface area contributed by atoms with Crippen molar-refractivity contribution in [2.75, 3.05) is 19.6 Å². The van der Waals surface area contributed by atoms with Gasteiger partial charge in [-0.25, -0.2) is 0 Å². The van der Waals surface area contributed by atoms with Gasteiger partial charge in [0.2, 0.25) is 0 Å². The van der Waals surface area contributed by atoms with E-state index in [0.29, 0.717) is 5.54 Å². The first-order valence-electron chi connectivity index (χ1n) is 6.74. The molecule has 0 radical (unpaired) electrons. The summed E-state index contributed by atoms with van der Waals surface area (Å²) in [6, 6.07) is 0. The molecule has 2 nitrogen and oxygen atoms in total. The lowest BCUT2D eigenvalue weighted by atomic mass is 9.80. The summed E-state index contributed by atoms with van der Waals surface area (Å²) in [5.41, 5.74) is 6.41. The van der Waals surface area contributed by atoms with Gasteiger partial charge < -0.3 is 5.73 Å². The Balaban J connectivity index is 2.65. The molecule has 1 aliphatic carbocycles. The zero-order valence-electron chi connectivity index (χ0n) is 10.6. The van der Waals surface area contributed by atoms with Crippen LogP contribution in [0.25, 0.3) is 0 Å². The van der Waals surface area contributed by atoms with Gasteiger partial charge in [0.1, 0.15) is 0 Å². The van der Waals surface area contributed by atoms with Crippen LogP contribution in [0.1, 0.15) is 58.8 Å². The van der Waals surface area contributed by atoms with Gasteiger partial charge in [-0.05, 0) is 38.8 Å². The largest absolute Gasteiger partial charge is 0.329 e. The Morgan fingerprint density at radius 1 is 1.00 bits per heavy atom. The Bertz CT molecular complexity index is 156. The Kier molecular flexibility index (Phi) is 5.62. The molecule has 1 fully saturated rings. The van der Waals surface area contributed by atoms with E-state index in [-0.39, 0.29) is 0 Å². The first kappa shape index (κ1) is 13.0. The first-order chi connectivity index (χ1) is 7.29. The van der Waals surface area contributed by atoms with Crippen LogP contribution in [0.5, 0.6) is 0 Å². The Morgan fingerprint density at radius 3 is 1.93 bits per heavy atom. The predicted octanol–water partition coefficient (Wildman–Crippen LogP) is 2.77. The van der Waals surface area contributed by atoms with Gasteiger partial charge in [-0.2, -0.15) is 0 Å². The molecule has 15 heavy (non-hydrogen) atoms. The molecule has 1 aliphatic rings. The molecule has 0 bridgehead atoms. The number of rotatable bonds is 6. The minimum absolute atomic E-state index is 0.351. The Hall–Kier alpha value is -0.0800. The number of nitrogens with zero attached hydrogens (tertiary/aromatic N) is 1. The van der Waals surface area contributed by atoms with Crippen molar-refractivity contribution in [3.63, 3.8) is 0 Å². The minimum Gasteiger partial charge on any atom is -0.329 e. The lowest BCUT2D eigenvalue weighted by Crippen LogP contribution is -2.55. The third-order valence-corrected chi connectivity index (χ3v) is 3.82. The maximum atomic E-state index is 6.06. The molecule has 0 saturated heterocycles. The molecule has 2 heteroatoms. The van der Waals surface area contributed by atoms with E-state index in [0.717, 1.165) is 6.54 Å². The highest BCUT2D eigenvalue weighted by Crippen LogP contribution is 2.33. The Labute approximate surface area is 95.2 Å². The van der Waals surface area contributed by atoms with E-state index < -0.39 is 0 Å². The summed E-state index contributed by atoms with van der Waals surface area (Å²) >= 11 is 0. The first-order valence-corrected chi connectivity index (χ1v) is 6.74. The van der Waals surface area contributed by atoms with Gasteiger partial charge >= 0.3 is 0 Å². The Morgan fingerprint density at radius 2 is 1.53 bits per heavy atom. The summed E-state index contributed by atoms with van der Waals surface area (Å²) in [6.45, 7) is 7.86. The molecule has 1 rings (SSSR count). The summed E-state index contributed by atoms with van der Waals surface area (Å²) in [4.78, 5) is 2.67. The van der Waals surface area contributed by atoms with E-state index in [1.807, 2.05) is 0 Å². The summed E-state index contributed by atoms with van der Waals surface area (Å²) in [7, 11) is 0. The van der Waals surface area contributed by atoms with Crippen LogP contribution in [0, 0.1) is 0 Å². The standard InChI is InChI=1S/C13H28N2/c1-3-10-15(11-4-2)13(12-14)8-6-5-7-9-13/h3-12,14H2,1-2H3. The minimum atomic E-state index is 0.351. The molecule has 0 atom stereocenters. The van der Waals surface area contributed by atoms with Crippen LogP contribution < -0.4 is 5.73 Å². The lowest BCUT2D eigenvalue weighted by molar-refractivity contribution is 0.0568. The van der Waals surface area contributed by atoms with Gasteiger partial charge in [-0.3, -0.25) is 4.90 Å². The number of hydrogen-bond acceptors (Lipinski definition) is 2. The molecule has 90 valence electrons. The van der Waals surface area contributed by atoms with Crippen LogP contribution in [0.15, 0.2) is 0 Å². The van der Waals surface area contributed by atoms with Crippen LogP contribution in [0.3, 0.4) is 0 Å². The van der Waals surface area contributed by atoms with Crippen molar-refractivity contribution in [2.45, 2.75) is 64.3 Å². The third kappa shape index (κ3) is 3.18. The van der Waals surface area contributed by atoms with Gasteiger partial charge in [0, 0.05) is 12.1 Å². The fourth-order valence-corrected chi connectivity index (χ4v) is 2.99. The second-order valence-corrected chi connectivity index (χ2v) is 4.98. The molecule has 0 aromatic rings. The molecule has 0 spiro atoms. The number of hydrogen-bond donors (Lipinski definition) is 1. The highest BCUT2D eigenvalue weighted by molar-refractivity contribution is 4.93. The van der Waals surface area contributed by atoms with Crippen LogP contribution in [0.4, 0.5) is 0 Å². The van der Waals surface area contributed by atoms with Crippen molar-refractivity contribution < 1.29 is 0 Å². The molecule has 2 N–H and O–H groups in total. The van der Waals surface area contributed by atoms with Crippen LogP contribution in [-0.2, 0) is 0 Å². The van der Waals surface area contributed by atoms with Crippen molar-refractivity contribution in [1.82, 2.24) is 4.90 Å². The molecule has 0 aromatic carbocycles. The highest BCUT2D eigenvalue weighted by Gasteiger charge is 2.35.